The number of hydrogen-bond acceptors (Lipinski definition) is 6. The van der Waals surface area contributed by atoms with Crippen LogP contribution in [0.4, 0.5) is 0 Å². The molecule has 52 heavy (non-hydrogen) atoms. The first-order chi connectivity index (χ1) is 24.7. The molecule has 3 aliphatic heterocycles. The molecule has 1 aliphatic carbocycles. The number of rotatable bonds is 12. The van der Waals surface area contributed by atoms with Crippen LogP contribution in [0.25, 0.3) is 12.2 Å². The van der Waals surface area contributed by atoms with E-state index in [4.69, 9.17) is 9.98 Å². The quantitative estimate of drug-likeness (QED) is 0.285. The van der Waals surface area contributed by atoms with E-state index in [1.165, 1.54) is 22.3 Å². The number of carbonyl (C=O) groups is 2. The van der Waals surface area contributed by atoms with Crippen molar-refractivity contribution < 1.29 is 9.59 Å². The third kappa shape index (κ3) is 7.15. The predicted octanol–water partition coefficient (Wildman–Crippen LogP) is 5.34. The molecule has 280 valence electrons. The highest BCUT2D eigenvalue weighted by molar-refractivity contribution is 9.09. The molecule has 0 aromatic carbocycles. The third-order valence-corrected chi connectivity index (χ3v) is 12.8. The number of H-pyrrole nitrogens is 2. The maximum absolute atomic E-state index is 14.4. The van der Waals surface area contributed by atoms with Crippen molar-refractivity contribution in [2.75, 3.05) is 54.4 Å². The van der Waals surface area contributed by atoms with Crippen molar-refractivity contribution in [2.24, 2.45) is 21.8 Å². The maximum Gasteiger partial charge on any atom is 0.222 e. The summed E-state index contributed by atoms with van der Waals surface area (Å²) >= 11 is 4.13. The van der Waals surface area contributed by atoms with E-state index < -0.39 is 0 Å². The molecule has 1 amide bonds. The van der Waals surface area contributed by atoms with Gasteiger partial charge in [-0.15, -0.1) is 0 Å². The predicted molar refractivity (Wildman–Crippen MR) is 217 cm³/mol. The van der Waals surface area contributed by atoms with Crippen LogP contribution < -0.4 is 10.7 Å². The van der Waals surface area contributed by atoms with Gasteiger partial charge in [-0.05, 0) is 133 Å². The van der Waals surface area contributed by atoms with Crippen LogP contribution in [-0.2, 0) is 22.4 Å². The summed E-state index contributed by atoms with van der Waals surface area (Å²) in [5.74, 6) is 0.192. The van der Waals surface area contributed by atoms with Crippen molar-refractivity contribution in [2.45, 2.75) is 90.9 Å². The van der Waals surface area contributed by atoms with Gasteiger partial charge < -0.3 is 24.7 Å². The van der Waals surface area contributed by atoms with E-state index in [-0.39, 0.29) is 34.4 Å². The van der Waals surface area contributed by atoms with Gasteiger partial charge in [0.25, 0.3) is 0 Å². The molecule has 10 heteroatoms. The largest absolute Gasteiger partial charge is 0.357 e. The SMILES string of the molecule is CCc1c2[nH]c(c1C)C(Br)C1=NC(C3=C4N=C(/C=c5\[nH]/c(c(C)c5CC)=C\2)C(C)=C4C(=O)C3)C(CC(=O)N(CCCN(C)C)CCCN(C)C)C1C. The summed E-state index contributed by atoms with van der Waals surface area (Å²) in [6.45, 7) is 16.4. The van der Waals surface area contributed by atoms with E-state index in [0.29, 0.717) is 12.8 Å². The Kier molecular flexibility index (Phi) is 11.5. The van der Waals surface area contributed by atoms with Gasteiger partial charge in [0.05, 0.1) is 22.3 Å². The Labute approximate surface area is 318 Å². The Bertz CT molecular complexity index is 1990. The second-order valence-electron chi connectivity index (χ2n) is 15.8. The van der Waals surface area contributed by atoms with E-state index in [1.807, 2.05) is 6.92 Å². The Morgan fingerprint density at radius 3 is 2.17 bits per heavy atom. The summed E-state index contributed by atoms with van der Waals surface area (Å²) in [6.07, 6.45) is 8.67. The highest BCUT2D eigenvalue weighted by Crippen LogP contribution is 2.47. The summed E-state index contributed by atoms with van der Waals surface area (Å²) in [4.78, 5) is 52.8. The minimum Gasteiger partial charge on any atom is -0.357 e. The van der Waals surface area contributed by atoms with Crippen LogP contribution in [0.5, 0.6) is 0 Å². The number of amides is 1. The van der Waals surface area contributed by atoms with Gasteiger partial charge in [0.2, 0.25) is 5.91 Å². The molecule has 4 unspecified atom stereocenters. The lowest BCUT2D eigenvalue weighted by atomic mass is 9.81. The summed E-state index contributed by atoms with van der Waals surface area (Å²) in [5.41, 5.74) is 12.5. The number of alkyl halides is 1. The second-order valence-corrected chi connectivity index (χ2v) is 16.7. The first-order valence-electron chi connectivity index (χ1n) is 19.2. The van der Waals surface area contributed by atoms with Crippen molar-refractivity contribution in [3.05, 3.63) is 66.8 Å². The number of allylic oxidation sites excluding steroid dienone is 2. The molecule has 2 aromatic rings. The van der Waals surface area contributed by atoms with Crippen LogP contribution in [0.1, 0.15) is 91.8 Å². The molecule has 0 saturated heterocycles. The number of ketones is 1. The molecule has 0 spiro atoms. The molecule has 2 N–H and O–H groups in total. The van der Waals surface area contributed by atoms with E-state index >= 15 is 0 Å². The van der Waals surface area contributed by atoms with Crippen molar-refractivity contribution in [1.82, 2.24) is 24.7 Å². The lowest BCUT2D eigenvalue weighted by Crippen LogP contribution is -2.38. The summed E-state index contributed by atoms with van der Waals surface area (Å²) in [5, 5.41) is 2.11. The van der Waals surface area contributed by atoms with Gasteiger partial charge in [-0.3, -0.25) is 14.6 Å². The first-order valence-corrected chi connectivity index (χ1v) is 20.1. The van der Waals surface area contributed by atoms with Gasteiger partial charge in [-0.2, -0.15) is 0 Å². The smallest absolute Gasteiger partial charge is 0.222 e. The van der Waals surface area contributed by atoms with Crippen LogP contribution in [0.15, 0.2) is 32.4 Å². The zero-order valence-corrected chi connectivity index (χ0v) is 34.6. The minimum atomic E-state index is -0.308. The van der Waals surface area contributed by atoms with Crippen LogP contribution in [-0.4, -0.2) is 108 Å². The average molecular weight is 773 g/mol. The number of halogens is 1. The lowest BCUT2D eigenvalue weighted by Gasteiger charge is -2.29. The fraction of sp³-hybridized carbons (Fsp3) is 0.571. The van der Waals surface area contributed by atoms with Crippen LogP contribution in [0.3, 0.4) is 0 Å². The molecule has 0 saturated carbocycles. The number of aliphatic imine (C=N–C) groups is 2. The number of aromatic nitrogens is 2. The van der Waals surface area contributed by atoms with Gasteiger partial charge >= 0.3 is 0 Å². The van der Waals surface area contributed by atoms with Crippen molar-refractivity contribution in [3.63, 3.8) is 0 Å². The van der Waals surface area contributed by atoms with Crippen LogP contribution in [0.2, 0.25) is 0 Å². The summed E-state index contributed by atoms with van der Waals surface area (Å²) in [7, 11) is 8.31. The van der Waals surface area contributed by atoms with Gasteiger partial charge in [0.1, 0.15) is 0 Å². The third-order valence-electron chi connectivity index (χ3n) is 11.8. The highest BCUT2D eigenvalue weighted by atomic mass is 79.9. The Balaban J connectivity index is 1.49. The van der Waals surface area contributed by atoms with Gasteiger partial charge in [-0.25, -0.2) is 4.99 Å². The molecule has 8 bridgehead atoms. The molecule has 5 heterocycles. The summed E-state index contributed by atoms with van der Waals surface area (Å²) < 4.78 is 0. The Hall–Kier alpha value is -3.34. The number of nitrogens with one attached hydrogen (secondary N) is 2. The maximum atomic E-state index is 14.4. The lowest BCUT2D eigenvalue weighted by molar-refractivity contribution is -0.132. The number of nitrogens with zero attached hydrogens (tertiary/aromatic N) is 5. The van der Waals surface area contributed by atoms with Gasteiger partial charge in [0, 0.05) is 71.1 Å². The number of fused-ring (bicyclic) bond motifs is 6. The number of aromatic amines is 2. The van der Waals surface area contributed by atoms with E-state index in [0.717, 1.165) is 108 Å². The molecule has 4 aliphatic rings. The summed E-state index contributed by atoms with van der Waals surface area (Å²) in [6, 6.07) is -0.308. The van der Waals surface area contributed by atoms with Crippen LogP contribution in [0, 0.1) is 25.7 Å². The molecular formula is C42H58BrN7O2. The van der Waals surface area contributed by atoms with Gasteiger partial charge in [0.15, 0.2) is 5.78 Å². The van der Waals surface area contributed by atoms with E-state index in [1.54, 1.807) is 0 Å². The standard InChI is InChI=1S/C42H58BrN7O2/c1-11-27-23(3)31-21-34-28(12-2)24(4)39(46-34)38(43)40-25(5)29(20-36(52)50(17-13-15-48(7)8)18-14-16-49(9)10)41(47-40)30-19-35(51)37-26(6)32(45-42(30)37)22-33(27)44-31/h21-22,25,29,38,41,44,46H,11-20H2,1-10H3/b31-21-,33-22-. The number of Topliss-reactive ketones (excluding diaryl/α,β-unsaturated/α-hetero) is 1. The fourth-order valence-corrected chi connectivity index (χ4v) is 9.84. The Morgan fingerprint density at radius 2 is 1.56 bits per heavy atom. The fourth-order valence-electron chi connectivity index (χ4n) is 8.85. The molecule has 2 aromatic heterocycles. The molecule has 4 atom stereocenters. The molecule has 9 nitrogen and oxygen atoms in total. The first kappa shape index (κ1) is 38.4. The topological polar surface area (TPSA) is 100 Å². The van der Waals surface area contributed by atoms with Crippen molar-refractivity contribution >= 4 is 51.2 Å². The monoisotopic (exact) mass is 771 g/mol. The Morgan fingerprint density at radius 1 is 0.904 bits per heavy atom. The average Bonchev–Trinajstić information content (AvgIpc) is 3.85. The van der Waals surface area contributed by atoms with Crippen LogP contribution >= 0.6 is 15.9 Å². The number of carbonyl (C=O) groups excluding carboxylic acids is 2. The second kappa shape index (κ2) is 15.6. The molecule has 0 fully saturated rings. The zero-order chi connectivity index (χ0) is 37.6. The van der Waals surface area contributed by atoms with Crippen molar-refractivity contribution in [1.29, 1.82) is 0 Å². The zero-order valence-electron chi connectivity index (χ0n) is 33.0. The van der Waals surface area contributed by atoms with Gasteiger partial charge in [-0.1, -0.05) is 36.7 Å². The molecule has 6 rings (SSSR count). The molecular weight excluding hydrogens is 714 g/mol. The van der Waals surface area contributed by atoms with E-state index in [9.17, 15) is 9.59 Å². The number of hydrogen-bond donors (Lipinski definition) is 2. The normalized spacial score (nSPS) is 23.8. The van der Waals surface area contributed by atoms with E-state index in [2.05, 4.69) is 116 Å². The highest BCUT2D eigenvalue weighted by Gasteiger charge is 2.47. The van der Waals surface area contributed by atoms with Crippen molar-refractivity contribution in [3.8, 4) is 0 Å². The molecule has 0 radical (unpaired) electrons. The minimum absolute atomic E-state index is 0.00765.